The van der Waals surface area contributed by atoms with E-state index in [1.54, 1.807) is 24.4 Å². The summed E-state index contributed by atoms with van der Waals surface area (Å²) in [6, 6.07) is 4.37. The minimum absolute atomic E-state index is 0.0475. The maximum absolute atomic E-state index is 15.0. The number of nitrogens with zero attached hydrogens (tertiary/aromatic N) is 4. The van der Waals surface area contributed by atoms with Gasteiger partial charge in [-0.25, -0.2) is 18.7 Å². The summed E-state index contributed by atoms with van der Waals surface area (Å²) >= 11 is 0. The van der Waals surface area contributed by atoms with Gasteiger partial charge in [0, 0.05) is 12.3 Å². The van der Waals surface area contributed by atoms with Crippen LogP contribution in [0.1, 0.15) is 12.6 Å². The zero-order valence-corrected chi connectivity index (χ0v) is 16.1. The Bertz CT molecular complexity index is 1040. The van der Waals surface area contributed by atoms with E-state index in [0.29, 0.717) is 12.1 Å². The lowest BCUT2D eigenvalue weighted by Crippen LogP contribution is -2.27. The number of aromatic nitrogens is 3. The molecule has 0 unspecified atom stereocenters. The Morgan fingerprint density at radius 3 is 2.52 bits per heavy atom. The van der Waals surface area contributed by atoms with E-state index in [2.05, 4.69) is 10.3 Å². The molecule has 29 heavy (non-hydrogen) atoms. The van der Waals surface area contributed by atoms with Gasteiger partial charge in [-0.15, -0.1) is 5.10 Å². The molecule has 3 rings (SSSR count). The lowest BCUT2D eigenvalue weighted by molar-refractivity contribution is -0.139. The van der Waals surface area contributed by atoms with Crippen molar-refractivity contribution in [2.24, 2.45) is 0 Å². The van der Waals surface area contributed by atoms with Crippen LogP contribution >= 0.6 is 0 Å². The van der Waals surface area contributed by atoms with Crippen molar-refractivity contribution < 1.29 is 23.5 Å². The first-order valence-electron chi connectivity index (χ1n) is 8.76. The third-order valence-corrected chi connectivity index (χ3v) is 4.25. The average Bonchev–Trinajstić information content (AvgIpc) is 3.12. The zero-order valence-electron chi connectivity index (χ0n) is 16.1. The Morgan fingerprint density at radius 1 is 1.14 bits per heavy atom. The maximum atomic E-state index is 15.0. The molecule has 1 aliphatic rings. The number of hydrogen-bond donors (Lipinski definition) is 0. The summed E-state index contributed by atoms with van der Waals surface area (Å²) in [4.78, 5) is 25.8. The molecule has 0 spiro atoms. The molecule has 0 radical (unpaired) electrons. The van der Waals surface area contributed by atoms with E-state index in [1.807, 2.05) is 6.92 Å². The number of esters is 2. The van der Waals surface area contributed by atoms with Gasteiger partial charge < -0.3 is 14.4 Å². The number of carbonyl (C=O) groups is 2. The summed E-state index contributed by atoms with van der Waals surface area (Å²) in [6.45, 7) is 1.94. The fourth-order valence-electron chi connectivity index (χ4n) is 2.77. The van der Waals surface area contributed by atoms with Gasteiger partial charge in [0.05, 0.1) is 43.1 Å². The molecule has 0 atom stereocenters. The van der Waals surface area contributed by atoms with Gasteiger partial charge in [-0.2, -0.15) is 0 Å². The van der Waals surface area contributed by atoms with Crippen LogP contribution in [0.5, 0.6) is 0 Å². The van der Waals surface area contributed by atoms with Gasteiger partial charge in [-0.3, -0.25) is 0 Å². The lowest BCUT2D eigenvalue weighted by Gasteiger charge is -2.23. The molecule has 0 bridgehead atoms. The first-order valence-corrected chi connectivity index (χ1v) is 8.76. The fourth-order valence-corrected chi connectivity index (χ4v) is 2.77. The molecule has 0 N–H and O–H groups in total. The highest BCUT2D eigenvalue weighted by Gasteiger charge is 2.28. The van der Waals surface area contributed by atoms with Crippen molar-refractivity contribution in [3.63, 3.8) is 0 Å². The van der Waals surface area contributed by atoms with Crippen LogP contribution in [0.4, 0.5) is 10.1 Å². The first-order chi connectivity index (χ1) is 14.0. The van der Waals surface area contributed by atoms with Crippen LogP contribution < -0.4 is 4.90 Å². The number of methoxy groups -OCH3 is 2. The minimum Gasteiger partial charge on any atom is -0.465 e. The number of halogens is 1. The summed E-state index contributed by atoms with van der Waals surface area (Å²) in [7, 11) is 2.37. The first kappa shape index (κ1) is 20.0. The van der Waals surface area contributed by atoms with Crippen molar-refractivity contribution in [2.75, 3.05) is 19.1 Å². The second-order valence-electron chi connectivity index (χ2n) is 5.96. The minimum atomic E-state index is -0.811. The molecule has 1 aromatic heterocycles. The highest BCUT2D eigenvalue weighted by molar-refractivity contribution is 6.05. The van der Waals surface area contributed by atoms with Crippen LogP contribution in [0, 0.1) is 5.82 Å². The molecular formula is C20H19FN4O4. The Balaban J connectivity index is 2.09. The number of anilines is 1. The molecule has 2 heterocycles. The summed E-state index contributed by atoms with van der Waals surface area (Å²) in [5.41, 5.74) is 1.06. The second-order valence-corrected chi connectivity index (χ2v) is 5.96. The number of hydrogen-bond acceptors (Lipinski definition) is 7. The third kappa shape index (κ3) is 3.93. The molecule has 0 saturated heterocycles. The van der Waals surface area contributed by atoms with E-state index in [1.165, 1.54) is 48.2 Å². The number of carbonyl (C=O) groups excluding carboxylic acids is 2. The molecule has 1 aliphatic heterocycles. The number of allylic oxidation sites excluding steroid dienone is 2. The molecular weight excluding hydrogens is 379 g/mol. The predicted octanol–water partition coefficient (Wildman–Crippen LogP) is 2.46. The van der Waals surface area contributed by atoms with Crippen LogP contribution in [-0.4, -0.2) is 41.2 Å². The highest BCUT2D eigenvalue weighted by Crippen LogP contribution is 2.29. The molecule has 0 amide bonds. The quantitative estimate of drug-likeness (QED) is 0.715. The van der Waals surface area contributed by atoms with Gasteiger partial charge in [-0.1, -0.05) is 18.2 Å². The fraction of sp³-hybridized carbons (Fsp3) is 0.200. The molecule has 0 fully saturated rings. The van der Waals surface area contributed by atoms with Crippen LogP contribution in [0.25, 0.3) is 5.69 Å². The highest BCUT2D eigenvalue weighted by atomic mass is 19.1. The van der Waals surface area contributed by atoms with E-state index >= 15 is 4.39 Å². The number of rotatable bonds is 5. The van der Waals surface area contributed by atoms with Crippen molar-refractivity contribution in [2.45, 2.75) is 13.3 Å². The molecule has 9 heteroatoms. The van der Waals surface area contributed by atoms with E-state index in [-0.39, 0.29) is 17.0 Å². The van der Waals surface area contributed by atoms with E-state index in [4.69, 9.17) is 9.47 Å². The van der Waals surface area contributed by atoms with Gasteiger partial charge in [0.15, 0.2) is 0 Å². The van der Waals surface area contributed by atoms with Crippen LogP contribution in [0.3, 0.4) is 0 Å². The van der Waals surface area contributed by atoms with Crippen molar-refractivity contribution >= 4 is 17.6 Å². The average molecular weight is 398 g/mol. The molecule has 2 aromatic rings. The molecule has 1 aromatic carbocycles. The van der Waals surface area contributed by atoms with Gasteiger partial charge in [0.2, 0.25) is 0 Å². The smallest absolute Gasteiger partial charge is 0.355 e. The second kappa shape index (κ2) is 8.51. The number of benzene rings is 1. The topological polar surface area (TPSA) is 86.5 Å². The maximum Gasteiger partial charge on any atom is 0.355 e. The summed E-state index contributed by atoms with van der Waals surface area (Å²) in [5.74, 6) is -2.19. The Hall–Kier alpha value is -3.75. The molecule has 150 valence electrons. The zero-order chi connectivity index (χ0) is 21.0. The lowest BCUT2D eigenvalue weighted by atomic mass is 10.1. The van der Waals surface area contributed by atoms with E-state index in [0.717, 1.165) is 5.69 Å². The summed E-state index contributed by atoms with van der Waals surface area (Å²) < 4.78 is 26.1. The van der Waals surface area contributed by atoms with Crippen LogP contribution in [-0.2, 0) is 25.5 Å². The monoisotopic (exact) mass is 398 g/mol. The molecule has 0 aliphatic carbocycles. The Labute approximate surface area is 166 Å². The van der Waals surface area contributed by atoms with E-state index < -0.39 is 17.8 Å². The Morgan fingerprint density at radius 2 is 1.90 bits per heavy atom. The van der Waals surface area contributed by atoms with E-state index in [9.17, 15) is 9.59 Å². The number of aryl methyl sites for hydroxylation is 1. The Kier molecular flexibility index (Phi) is 5.87. The van der Waals surface area contributed by atoms with Crippen molar-refractivity contribution in [3.05, 3.63) is 71.6 Å². The summed E-state index contributed by atoms with van der Waals surface area (Å²) in [5, 5.41) is 7.97. The van der Waals surface area contributed by atoms with Crippen molar-refractivity contribution in [1.29, 1.82) is 0 Å². The number of ether oxygens (including phenoxy) is 2. The van der Waals surface area contributed by atoms with Crippen molar-refractivity contribution in [3.8, 4) is 5.69 Å². The van der Waals surface area contributed by atoms with Crippen LogP contribution in [0.2, 0.25) is 0 Å². The summed E-state index contributed by atoms with van der Waals surface area (Å²) in [6.07, 6.45) is 8.39. The normalized spacial score (nSPS) is 13.4. The predicted molar refractivity (Wildman–Crippen MR) is 103 cm³/mol. The van der Waals surface area contributed by atoms with Gasteiger partial charge in [0.1, 0.15) is 11.5 Å². The van der Waals surface area contributed by atoms with Crippen LogP contribution in [0.15, 0.2) is 60.1 Å². The van der Waals surface area contributed by atoms with Gasteiger partial charge in [-0.05, 0) is 30.7 Å². The van der Waals surface area contributed by atoms with Gasteiger partial charge >= 0.3 is 11.9 Å². The molecule has 0 saturated carbocycles. The van der Waals surface area contributed by atoms with Crippen molar-refractivity contribution in [1.82, 2.24) is 15.0 Å². The molecule has 8 nitrogen and oxygen atoms in total. The van der Waals surface area contributed by atoms with Gasteiger partial charge in [0.25, 0.3) is 0 Å². The SMILES string of the molecule is CCc1cn(-c2ccc(N3C=CC=CC(C(=O)OC)=C3C(=O)OC)c(F)c2)nn1. The largest absolute Gasteiger partial charge is 0.465 e. The standard InChI is InChI=1S/C20H19FN4O4/c1-4-13-12-25(23-22-13)14-8-9-17(16(21)11-14)24-10-6-5-7-15(19(26)28-2)18(24)20(27)29-3/h5-12H,4H2,1-3H3. The third-order valence-electron chi connectivity index (χ3n) is 4.25.